The largest absolute Gasteiger partial charge is 0.451 e. The number of nitrogens with one attached hydrogen (secondary N) is 2. The first-order valence-electron chi connectivity index (χ1n) is 12.6. The van der Waals surface area contributed by atoms with Crippen LogP contribution in [-0.4, -0.2) is 48.0 Å². The fourth-order valence-electron chi connectivity index (χ4n) is 4.46. The number of thiocarbonyl (C=S) groups is 1. The molecule has 0 bridgehead atoms. The Morgan fingerprint density at radius 3 is 2.26 bits per heavy atom. The quantitative estimate of drug-likeness (QED) is 0.293. The Bertz CT molecular complexity index is 1490. The van der Waals surface area contributed by atoms with Gasteiger partial charge >= 0.3 is 0 Å². The van der Waals surface area contributed by atoms with Crippen LogP contribution in [0.4, 0.5) is 11.4 Å². The van der Waals surface area contributed by atoms with Crippen molar-refractivity contribution in [2.75, 3.05) is 36.4 Å². The van der Waals surface area contributed by atoms with Crippen LogP contribution in [0.2, 0.25) is 5.02 Å². The molecule has 0 aliphatic carbocycles. The Morgan fingerprint density at radius 2 is 1.56 bits per heavy atom. The van der Waals surface area contributed by atoms with Crippen LogP contribution in [0.5, 0.6) is 0 Å². The molecule has 0 unspecified atom stereocenters. The van der Waals surface area contributed by atoms with Gasteiger partial charge in [0.1, 0.15) is 5.76 Å². The zero-order valence-electron chi connectivity index (χ0n) is 21.3. The van der Waals surface area contributed by atoms with Crippen molar-refractivity contribution in [3.8, 4) is 11.3 Å². The van der Waals surface area contributed by atoms with Gasteiger partial charge in [0.15, 0.2) is 10.9 Å². The monoisotopic (exact) mass is 558 g/mol. The minimum absolute atomic E-state index is 0.0820. The van der Waals surface area contributed by atoms with Crippen LogP contribution in [0.15, 0.2) is 89.3 Å². The van der Waals surface area contributed by atoms with E-state index in [2.05, 4.69) is 15.5 Å². The average molecular weight is 559 g/mol. The summed E-state index contributed by atoms with van der Waals surface area (Å²) in [5.74, 6) is 0.354. The number of aryl methyl sites for hydroxylation is 1. The zero-order valence-corrected chi connectivity index (χ0v) is 22.9. The van der Waals surface area contributed by atoms with Crippen molar-refractivity contribution in [3.05, 3.63) is 107 Å². The van der Waals surface area contributed by atoms with Crippen LogP contribution >= 0.6 is 23.8 Å². The molecule has 1 saturated heterocycles. The maximum absolute atomic E-state index is 12.9. The molecular formula is C30H27ClN4O3S. The van der Waals surface area contributed by atoms with Crippen LogP contribution in [0.1, 0.15) is 26.5 Å². The van der Waals surface area contributed by atoms with E-state index < -0.39 is 5.91 Å². The second-order valence-electron chi connectivity index (χ2n) is 9.22. The maximum Gasteiger partial charge on any atom is 0.293 e. The molecule has 0 spiro atoms. The number of furan rings is 1. The molecule has 5 rings (SSSR count). The molecule has 0 saturated carbocycles. The highest BCUT2D eigenvalue weighted by molar-refractivity contribution is 7.80. The molecular weight excluding hydrogens is 532 g/mol. The number of hydrogen-bond donors (Lipinski definition) is 2. The van der Waals surface area contributed by atoms with Crippen LogP contribution in [0.25, 0.3) is 11.3 Å². The van der Waals surface area contributed by atoms with Gasteiger partial charge in [-0.3, -0.25) is 14.9 Å². The third kappa shape index (κ3) is 6.30. The summed E-state index contributed by atoms with van der Waals surface area (Å²) in [6.45, 7) is 4.79. The van der Waals surface area contributed by atoms with E-state index in [1.807, 2.05) is 72.5 Å². The van der Waals surface area contributed by atoms with Gasteiger partial charge in [-0.05, 0) is 91.4 Å². The predicted molar refractivity (Wildman–Crippen MR) is 159 cm³/mol. The molecule has 0 atom stereocenters. The number of rotatable bonds is 5. The number of carbonyl (C=O) groups excluding carboxylic acids is 2. The summed E-state index contributed by atoms with van der Waals surface area (Å²) in [4.78, 5) is 29.7. The highest BCUT2D eigenvalue weighted by Crippen LogP contribution is 2.24. The fourth-order valence-corrected chi connectivity index (χ4v) is 4.80. The molecule has 3 aromatic carbocycles. The summed E-state index contributed by atoms with van der Waals surface area (Å²) in [6.07, 6.45) is 0. The normalized spacial score (nSPS) is 13.2. The molecule has 1 aliphatic rings. The van der Waals surface area contributed by atoms with E-state index in [0.717, 1.165) is 41.2 Å². The van der Waals surface area contributed by atoms with Crippen molar-refractivity contribution in [2.45, 2.75) is 6.92 Å². The summed E-state index contributed by atoms with van der Waals surface area (Å²) < 4.78 is 5.69. The highest BCUT2D eigenvalue weighted by atomic mass is 35.5. The standard InChI is InChI=1S/C30H27ClN4O3S/c1-20-4-2-3-5-25(20)29(37)35-18-16-34(17-19-35)24-12-10-23(11-13-24)32-30(39)33-28(36)27-15-14-26(38-27)21-6-8-22(31)9-7-21/h2-15H,16-19H2,1H3,(H2,32,33,36,39). The summed E-state index contributed by atoms with van der Waals surface area (Å²) in [6, 6.07) is 26.0. The Labute approximate surface area is 237 Å². The van der Waals surface area contributed by atoms with Crippen molar-refractivity contribution in [1.29, 1.82) is 0 Å². The van der Waals surface area contributed by atoms with E-state index in [-0.39, 0.29) is 16.8 Å². The van der Waals surface area contributed by atoms with Crippen molar-refractivity contribution >= 4 is 52.1 Å². The van der Waals surface area contributed by atoms with Gasteiger partial charge in [-0.1, -0.05) is 29.8 Å². The molecule has 1 fully saturated rings. The van der Waals surface area contributed by atoms with Crippen LogP contribution in [0, 0.1) is 6.92 Å². The van der Waals surface area contributed by atoms with Gasteiger partial charge in [-0.25, -0.2) is 0 Å². The predicted octanol–water partition coefficient (Wildman–Crippen LogP) is 6.00. The lowest BCUT2D eigenvalue weighted by molar-refractivity contribution is 0.0746. The molecule has 39 heavy (non-hydrogen) atoms. The van der Waals surface area contributed by atoms with Crippen molar-refractivity contribution < 1.29 is 14.0 Å². The fraction of sp³-hybridized carbons (Fsp3) is 0.167. The second-order valence-corrected chi connectivity index (χ2v) is 10.1. The highest BCUT2D eigenvalue weighted by Gasteiger charge is 2.23. The third-order valence-electron chi connectivity index (χ3n) is 6.62. The summed E-state index contributed by atoms with van der Waals surface area (Å²) >= 11 is 11.3. The van der Waals surface area contributed by atoms with Gasteiger partial charge in [0.2, 0.25) is 0 Å². The van der Waals surface area contributed by atoms with Crippen molar-refractivity contribution in [3.63, 3.8) is 0 Å². The van der Waals surface area contributed by atoms with E-state index >= 15 is 0 Å². The molecule has 0 radical (unpaired) electrons. The van der Waals surface area contributed by atoms with Gasteiger partial charge in [-0.15, -0.1) is 0 Å². The number of hydrogen-bond acceptors (Lipinski definition) is 5. The van der Waals surface area contributed by atoms with E-state index in [0.29, 0.717) is 23.9 Å². The van der Waals surface area contributed by atoms with Crippen LogP contribution in [-0.2, 0) is 0 Å². The average Bonchev–Trinajstić information content (AvgIpc) is 3.45. The first kappa shape index (κ1) is 26.5. The molecule has 2 N–H and O–H groups in total. The number of nitrogens with zero attached hydrogens (tertiary/aromatic N) is 2. The van der Waals surface area contributed by atoms with Crippen molar-refractivity contribution in [2.24, 2.45) is 0 Å². The summed E-state index contributed by atoms with van der Waals surface area (Å²) in [5.41, 5.74) is 4.38. The van der Waals surface area contributed by atoms with E-state index in [9.17, 15) is 9.59 Å². The molecule has 4 aromatic rings. The Kier molecular flexibility index (Phi) is 7.95. The number of amides is 2. The lowest BCUT2D eigenvalue weighted by Crippen LogP contribution is -2.48. The lowest BCUT2D eigenvalue weighted by atomic mass is 10.1. The Morgan fingerprint density at radius 1 is 0.872 bits per heavy atom. The number of anilines is 2. The molecule has 1 aromatic heterocycles. The van der Waals surface area contributed by atoms with E-state index in [1.54, 1.807) is 24.3 Å². The second kappa shape index (κ2) is 11.7. The van der Waals surface area contributed by atoms with E-state index in [1.165, 1.54) is 0 Å². The molecule has 9 heteroatoms. The van der Waals surface area contributed by atoms with Gasteiger partial charge in [0.05, 0.1) is 0 Å². The minimum atomic E-state index is -0.442. The summed E-state index contributed by atoms with van der Waals surface area (Å²) in [7, 11) is 0. The van der Waals surface area contributed by atoms with Crippen LogP contribution < -0.4 is 15.5 Å². The van der Waals surface area contributed by atoms with E-state index in [4.69, 9.17) is 28.2 Å². The first-order chi connectivity index (χ1) is 18.9. The maximum atomic E-state index is 12.9. The SMILES string of the molecule is Cc1ccccc1C(=O)N1CCN(c2ccc(NC(=S)NC(=O)c3ccc(-c4ccc(Cl)cc4)o3)cc2)CC1. The lowest BCUT2D eigenvalue weighted by Gasteiger charge is -2.36. The van der Waals surface area contributed by atoms with Gasteiger partial charge in [0, 0.05) is 53.7 Å². The van der Waals surface area contributed by atoms with Gasteiger partial charge < -0.3 is 19.5 Å². The number of piperazine rings is 1. The van der Waals surface area contributed by atoms with Gasteiger partial charge in [-0.2, -0.15) is 0 Å². The summed E-state index contributed by atoms with van der Waals surface area (Å²) in [5, 5.41) is 6.48. The topological polar surface area (TPSA) is 77.8 Å². The Hall–Kier alpha value is -4.14. The zero-order chi connectivity index (χ0) is 27.4. The number of benzene rings is 3. The number of carbonyl (C=O) groups is 2. The molecule has 7 nitrogen and oxygen atoms in total. The number of halogens is 1. The molecule has 1 aliphatic heterocycles. The first-order valence-corrected chi connectivity index (χ1v) is 13.3. The van der Waals surface area contributed by atoms with Gasteiger partial charge in [0.25, 0.3) is 11.8 Å². The minimum Gasteiger partial charge on any atom is -0.451 e. The smallest absolute Gasteiger partial charge is 0.293 e. The molecule has 2 heterocycles. The van der Waals surface area contributed by atoms with Crippen molar-refractivity contribution in [1.82, 2.24) is 10.2 Å². The molecule has 198 valence electrons. The third-order valence-corrected chi connectivity index (χ3v) is 7.07. The molecule has 2 amide bonds. The Balaban J connectivity index is 1.12. The van der Waals surface area contributed by atoms with Crippen LogP contribution in [0.3, 0.4) is 0 Å².